The third kappa shape index (κ3) is 7.27. The number of hydrogen-bond acceptors (Lipinski definition) is 11. The first-order chi connectivity index (χ1) is 21.6. The summed E-state index contributed by atoms with van der Waals surface area (Å²) >= 11 is 0. The van der Waals surface area contributed by atoms with Crippen LogP contribution in [0, 0.1) is 0 Å². The fourth-order valence-corrected chi connectivity index (χ4v) is 4.95. The molecule has 238 valence electrons. The molecule has 0 saturated heterocycles. The minimum Gasteiger partial charge on any atom is -0.467 e. The lowest BCUT2D eigenvalue weighted by Crippen LogP contribution is -2.46. The smallest absolute Gasteiger partial charge is 0.420 e. The second-order valence-electron chi connectivity index (χ2n) is 9.98. The SMILES string of the molecule is COCC(=O)N(c1cnc(-c2cnc(OC)nc2)cn1)[C@H]1CC[C@H](Nc2ncc(C(F)(F)F)c(-c3ccn(C(F)F)n3)n2)CC1. The van der Waals surface area contributed by atoms with Crippen molar-refractivity contribution in [1.82, 2.24) is 39.7 Å². The Kier molecular flexibility index (Phi) is 9.40. The first-order valence-electron chi connectivity index (χ1n) is 13.6. The molecule has 4 aromatic heterocycles. The van der Waals surface area contributed by atoms with E-state index in [0.29, 0.717) is 49.0 Å². The molecule has 45 heavy (non-hydrogen) atoms. The van der Waals surface area contributed by atoms with Crippen LogP contribution in [0.5, 0.6) is 6.01 Å². The van der Waals surface area contributed by atoms with Crippen molar-refractivity contribution in [1.29, 1.82) is 0 Å². The standard InChI is InChI=1S/C27H27F5N10O3/c1-44-14-22(43)42(21-13-33-20(12-34-21)15-9-36-26(45-2)37-10-15)17-5-3-16(4-6-17)38-25-35-11-18(27(30,31)32)23(39-25)19-7-8-41(40-19)24(28)29/h7-13,16-17,24H,3-6,14H2,1-2H3,(H,35,38,39)/t16-,17-. The number of aromatic nitrogens is 8. The third-order valence-electron chi connectivity index (χ3n) is 7.07. The fourth-order valence-electron chi connectivity index (χ4n) is 4.95. The number of carbonyl (C=O) groups excluding carboxylic acids is 1. The molecule has 1 aliphatic carbocycles. The second kappa shape index (κ2) is 13.4. The van der Waals surface area contributed by atoms with Crippen LogP contribution in [0.25, 0.3) is 22.6 Å². The normalized spacial score (nSPS) is 16.9. The molecule has 1 amide bonds. The van der Waals surface area contributed by atoms with Crippen LogP contribution in [0.1, 0.15) is 37.8 Å². The summed E-state index contributed by atoms with van der Waals surface area (Å²) in [5.41, 5.74) is -1.09. The highest BCUT2D eigenvalue weighted by Crippen LogP contribution is 2.36. The maximum atomic E-state index is 13.7. The van der Waals surface area contributed by atoms with E-state index < -0.39 is 24.0 Å². The second-order valence-corrected chi connectivity index (χ2v) is 9.98. The first kappa shape index (κ1) is 31.6. The van der Waals surface area contributed by atoms with Gasteiger partial charge < -0.3 is 14.8 Å². The van der Waals surface area contributed by atoms with E-state index in [1.807, 2.05) is 0 Å². The van der Waals surface area contributed by atoms with Crippen molar-refractivity contribution in [3.8, 4) is 28.7 Å². The zero-order valence-electron chi connectivity index (χ0n) is 23.9. The highest BCUT2D eigenvalue weighted by Gasteiger charge is 2.37. The Morgan fingerprint density at radius 1 is 1.00 bits per heavy atom. The lowest BCUT2D eigenvalue weighted by molar-refractivity contribution is -0.137. The molecule has 18 heteroatoms. The predicted octanol–water partition coefficient (Wildman–Crippen LogP) is 4.41. The molecule has 1 fully saturated rings. The average Bonchev–Trinajstić information content (AvgIpc) is 3.53. The Balaban J connectivity index is 1.30. The number of ether oxygens (including phenoxy) is 2. The van der Waals surface area contributed by atoms with Gasteiger partial charge in [0.25, 0.3) is 5.91 Å². The largest absolute Gasteiger partial charge is 0.467 e. The predicted molar refractivity (Wildman–Crippen MR) is 148 cm³/mol. The van der Waals surface area contributed by atoms with Crippen LogP contribution in [0.4, 0.5) is 33.7 Å². The molecule has 0 bridgehead atoms. The van der Waals surface area contributed by atoms with Gasteiger partial charge in [-0.1, -0.05) is 0 Å². The maximum absolute atomic E-state index is 13.7. The zero-order valence-corrected chi connectivity index (χ0v) is 23.9. The minimum atomic E-state index is -4.83. The molecule has 5 rings (SSSR count). The summed E-state index contributed by atoms with van der Waals surface area (Å²) in [5, 5.41) is 6.58. The molecule has 1 saturated carbocycles. The Hall–Kier alpha value is -4.87. The quantitative estimate of drug-likeness (QED) is 0.248. The number of nitrogens with one attached hydrogen (secondary N) is 1. The van der Waals surface area contributed by atoms with Gasteiger partial charge in [-0.15, -0.1) is 0 Å². The summed E-state index contributed by atoms with van der Waals surface area (Å²) in [5.74, 6) is -0.0994. The molecule has 1 N–H and O–H groups in total. The number of rotatable bonds is 10. The molecule has 4 aromatic rings. The molecule has 1 aliphatic rings. The van der Waals surface area contributed by atoms with Crippen molar-refractivity contribution in [2.75, 3.05) is 31.0 Å². The molecule has 4 heterocycles. The molecule has 13 nitrogen and oxygen atoms in total. The number of anilines is 2. The number of carbonyl (C=O) groups is 1. The summed E-state index contributed by atoms with van der Waals surface area (Å²) < 4.78 is 77.3. The van der Waals surface area contributed by atoms with Crippen molar-refractivity contribution in [3.63, 3.8) is 0 Å². The molecule has 0 atom stereocenters. The number of nitrogens with zero attached hydrogens (tertiary/aromatic N) is 9. The van der Waals surface area contributed by atoms with E-state index in [1.54, 1.807) is 0 Å². The Morgan fingerprint density at radius 2 is 1.73 bits per heavy atom. The number of alkyl halides is 5. The van der Waals surface area contributed by atoms with E-state index in [1.165, 1.54) is 43.9 Å². The van der Waals surface area contributed by atoms with Crippen molar-refractivity contribution in [3.05, 3.63) is 48.8 Å². The van der Waals surface area contributed by atoms with E-state index >= 15 is 0 Å². The highest BCUT2D eigenvalue weighted by molar-refractivity contribution is 5.94. The summed E-state index contributed by atoms with van der Waals surface area (Å²) in [6, 6.07) is 0.728. The van der Waals surface area contributed by atoms with E-state index in [-0.39, 0.29) is 46.9 Å². The van der Waals surface area contributed by atoms with Crippen LogP contribution in [-0.4, -0.2) is 78.5 Å². The van der Waals surface area contributed by atoms with Crippen LogP contribution in [0.2, 0.25) is 0 Å². The summed E-state index contributed by atoms with van der Waals surface area (Å²) in [4.78, 5) is 39.4. The van der Waals surface area contributed by atoms with E-state index in [0.717, 1.165) is 12.3 Å². The van der Waals surface area contributed by atoms with Crippen molar-refractivity contribution in [2.45, 2.75) is 50.5 Å². The Morgan fingerprint density at radius 3 is 2.31 bits per heavy atom. The average molecular weight is 635 g/mol. The van der Waals surface area contributed by atoms with Gasteiger partial charge >= 0.3 is 18.7 Å². The van der Waals surface area contributed by atoms with Crippen LogP contribution >= 0.6 is 0 Å². The van der Waals surface area contributed by atoms with Gasteiger partial charge in [-0.25, -0.2) is 29.6 Å². The van der Waals surface area contributed by atoms with E-state index in [9.17, 15) is 26.7 Å². The van der Waals surface area contributed by atoms with E-state index in [2.05, 4.69) is 40.3 Å². The minimum absolute atomic E-state index is 0.107. The van der Waals surface area contributed by atoms with Crippen molar-refractivity contribution in [2.24, 2.45) is 0 Å². The van der Waals surface area contributed by atoms with Crippen LogP contribution in [-0.2, 0) is 15.7 Å². The van der Waals surface area contributed by atoms with Gasteiger partial charge in [-0.05, 0) is 31.7 Å². The topological polar surface area (TPSA) is 146 Å². The molecule has 0 spiro atoms. The third-order valence-corrected chi connectivity index (χ3v) is 7.07. The van der Waals surface area contributed by atoms with Gasteiger partial charge in [0.1, 0.15) is 23.6 Å². The fraction of sp³-hybridized carbons (Fsp3) is 0.407. The van der Waals surface area contributed by atoms with Crippen molar-refractivity contribution < 1.29 is 36.2 Å². The molecule has 0 aliphatic heterocycles. The molecular weight excluding hydrogens is 607 g/mol. The monoisotopic (exact) mass is 634 g/mol. The summed E-state index contributed by atoms with van der Waals surface area (Å²) in [6.07, 6.45) is 4.74. The first-order valence-corrected chi connectivity index (χ1v) is 13.6. The molecule has 0 aromatic carbocycles. The molecule has 0 radical (unpaired) electrons. The van der Waals surface area contributed by atoms with Gasteiger partial charge in [0.15, 0.2) is 5.82 Å². The highest BCUT2D eigenvalue weighted by atomic mass is 19.4. The maximum Gasteiger partial charge on any atom is 0.420 e. The van der Waals surface area contributed by atoms with Crippen LogP contribution in [0.3, 0.4) is 0 Å². The van der Waals surface area contributed by atoms with Gasteiger partial charge in [-0.3, -0.25) is 14.7 Å². The number of halogens is 5. The van der Waals surface area contributed by atoms with E-state index in [4.69, 9.17) is 9.47 Å². The Bertz CT molecular complexity index is 1590. The van der Waals surface area contributed by atoms with Crippen LogP contribution in [0.15, 0.2) is 43.2 Å². The van der Waals surface area contributed by atoms with Crippen LogP contribution < -0.4 is 15.0 Å². The Labute approximate surface area is 252 Å². The lowest BCUT2D eigenvalue weighted by atomic mass is 9.90. The number of hydrogen-bond donors (Lipinski definition) is 1. The van der Waals surface area contributed by atoms with Crippen molar-refractivity contribution >= 4 is 17.7 Å². The van der Waals surface area contributed by atoms with Gasteiger partial charge in [0, 0.05) is 49.5 Å². The zero-order chi connectivity index (χ0) is 32.1. The molecule has 0 unspecified atom stereocenters. The lowest BCUT2D eigenvalue weighted by Gasteiger charge is -2.36. The van der Waals surface area contributed by atoms with Gasteiger partial charge in [-0.2, -0.15) is 27.1 Å². The summed E-state index contributed by atoms with van der Waals surface area (Å²) in [6.45, 7) is -3.21. The number of methoxy groups -OCH3 is 2. The van der Waals surface area contributed by atoms with Gasteiger partial charge in [0.05, 0.1) is 25.2 Å². The summed E-state index contributed by atoms with van der Waals surface area (Å²) in [7, 11) is 2.86. The molecular formula is C27H27F5N10O3. The number of amides is 1. The van der Waals surface area contributed by atoms with Gasteiger partial charge in [0.2, 0.25) is 5.95 Å².